The quantitative estimate of drug-likeness (QED) is 0.683. The van der Waals surface area contributed by atoms with E-state index in [0.717, 1.165) is 42.8 Å². The maximum Gasteiger partial charge on any atom is 0.273 e. The molecule has 3 heterocycles. The second-order valence-electron chi connectivity index (χ2n) is 9.57. The van der Waals surface area contributed by atoms with Crippen LogP contribution in [-0.2, 0) is 10.0 Å². The molecule has 1 saturated carbocycles. The van der Waals surface area contributed by atoms with E-state index in [1.54, 1.807) is 0 Å². The topological polar surface area (TPSA) is 90.8 Å². The first-order valence-corrected chi connectivity index (χ1v) is 14.4. The van der Waals surface area contributed by atoms with Crippen LogP contribution in [0.5, 0.6) is 0 Å². The van der Waals surface area contributed by atoms with Crippen molar-refractivity contribution >= 4 is 27.3 Å². The van der Waals surface area contributed by atoms with Gasteiger partial charge in [0.2, 0.25) is 10.0 Å². The number of hydrogen-bond acceptors (Lipinski definition) is 6. The summed E-state index contributed by atoms with van der Waals surface area (Å²) >= 11 is 1.47. The number of carbonyl (C=O) groups excluding carboxylic acids is 1. The number of thiazole rings is 1. The van der Waals surface area contributed by atoms with E-state index in [9.17, 15) is 22.7 Å². The molecule has 3 aliphatic rings. The molecule has 7 nitrogen and oxygen atoms in total. The highest BCUT2D eigenvalue weighted by atomic mass is 32.2. The monoisotopic (exact) mass is 507 g/mol. The molecule has 1 amide bonds. The lowest BCUT2D eigenvalue weighted by Crippen LogP contribution is -2.54. The number of piperidine rings is 2. The standard InChI is InChI=1S/C24H30FN3O4S2/c25-17-5-7-18(8-6-17)34(31,32)27-12-9-16(10-13-27)23-26-20(15-33-23)24(30)28-14-11-22(29)19-3-1-2-4-21(19)28/h5-8,15-16,19,21-22,29H,1-4,9-14H2. The molecule has 184 valence electrons. The van der Waals surface area contributed by atoms with Gasteiger partial charge in [-0.2, -0.15) is 4.31 Å². The molecule has 5 rings (SSSR count). The number of aliphatic hydroxyl groups is 1. The summed E-state index contributed by atoms with van der Waals surface area (Å²) in [5, 5.41) is 13.1. The number of fused-ring (bicyclic) bond motifs is 1. The average Bonchev–Trinajstić information content (AvgIpc) is 3.35. The van der Waals surface area contributed by atoms with E-state index in [-0.39, 0.29) is 34.8 Å². The minimum atomic E-state index is -3.65. The molecule has 2 saturated heterocycles. The zero-order valence-corrected chi connectivity index (χ0v) is 20.6. The van der Waals surface area contributed by atoms with Gasteiger partial charge in [0.15, 0.2) is 0 Å². The van der Waals surface area contributed by atoms with Crippen LogP contribution < -0.4 is 0 Å². The molecular weight excluding hydrogens is 477 g/mol. The third-order valence-corrected chi connectivity index (χ3v) is 10.5. The van der Waals surface area contributed by atoms with E-state index in [1.165, 1.54) is 27.8 Å². The van der Waals surface area contributed by atoms with Crippen LogP contribution in [0.1, 0.15) is 66.4 Å². The molecule has 0 radical (unpaired) electrons. The highest BCUT2D eigenvalue weighted by molar-refractivity contribution is 7.89. The molecule has 1 aromatic carbocycles. The summed E-state index contributed by atoms with van der Waals surface area (Å²) in [5.74, 6) is -0.247. The van der Waals surface area contributed by atoms with Gasteiger partial charge in [-0.05, 0) is 56.4 Å². The van der Waals surface area contributed by atoms with Crippen molar-refractivity contribution in [3.63, 3.8) is 0 Å². The first-order chi connectivity index (χ1) is 16.3. The Bertz CT molecular complexity index is 1130. The van der Waals surface area contributed by atoms with Gasteiger partial charge in [-0.3, -0.25) is 4.79 Å². The van der Waals surface area contributed by atoms with Crippen molar-refractivity contribution in [1.82, 2.24) is 14.2 Å². The SMILES string of the molecule is O=C(c1csc(C2CCN(S(=O)(=O)c3ccc(F)cc3)CC2)n1)N1CCC(O)C2CCCCC21. The highest BCUT2D eigenvalue weighted by Crippen LogP contribution is 2.37. The van der Waals surface area contributed by atoms with Crippen molar-refractivity contribution in [2.45, 2.75) is 67.9 Å². The number of sulfonamides is 1. The van der Waals surface area contributed by atoms with Crippen LogP contribution in [-0.4, -0.2) is 65.4 Å². The summed E-state index contributed by atoms with van der Waals surface area (Å²) in [6.07, 6.45) is 5.64. The fraction of sp³-hybridized carbons (Fsp3) is 0.583. The largest absolute Gasteiger partial charge is 0.393 e. The van der Waals surface area contributed by atoms with Crippen LogP contribution >= 0.6 is 11.3 Å². The Kier molecular flexibility index (Phi) is 6.76. The van der Waals surface area contributed by atoms with Gasteiger partial charge in [0.25, 0.3) is 5.91 Å². The Morgan fingerprint density at radius 2 is 1.74 bits per heavy atom. The van der Waals surface area contributed by atoms with Crippen molar-refractivity contribution in [1.29, 1.82) is 0 Å². The number of aromatic nitrogens is 1. The molecule has 2 aliphatic heterocycles. The lowest BCUT2D eigenvalue weighted by Gasteiger charge is -2.46. The normalized spacial score (nSPS) is 26.9. The van der Waals surface area contributed by atoms with E-state index in [2.05, 4.69) is 4.98 Å². The maximum atomic E-state index is 13.3. The first kappa shape index (κ1) is 23.8. The number of nitrogens with zero attached hydrogens (tertiary/aromatic N) is 3. The minimum absolute atomic E-state index is 0.0531. The molecule has 1 aliphatic carbocycles. The van der Waals surface area contributed by atoms with Gasteiger partial charge in [-0.25, -0.2) is 17.8 Å². The number of aliphatic hydroxyl groups excluding tert-OH is 1. The summed E-state index contributed by atoms with van der Waals surface area (Å²) in [7, 11) is -3.65. The van der Waals surface area contributed by atoms with Crippen molar-refractivity contribution < 1.29 is 22.7 Å². The molecule has 10 heteroatoms. The van der Waals surface area contributed by atoms with Crippen LogP contribution in [0.2, 0.25) is 0 Å². The van der Waals surface area contributed by atoms with Gasteiger partial charge < -0.3 is 10.0 Å². The van der Waals surface area contributed by atoms with Gasteiger partial charge >= 0.3 is 0 Å². The first-order valence-electron chi connectivity index (χ1n) is 12.0. The van der Waals surface area contributed by atoms with Crippen LogP contribution in [0.15, 0.2) is 34.5 Å². The molecule has 1 aromatic heterocycles. The van der Waals surface area contributed by atoms with E-state index in [1.807, 2.05) is 10.3 Å². The summed E-state index contributed by atoms with van der Waals surface area (Å²) in [6, 6.07) is 5.01. The predicted molar refractivity (Wildman–Crippen MR) is 127 cm³/mol. The van der Waals surface area contributed by atoms with E-state index >= 15 is 0 Å². The fourth-order valence-electron chi connectivity index (χ4n) is 5.70. The van der Waals surface area contributed by atoms with Crippen molar-refractivity contribution in [3.05, 3.63) is 46.2 Å². The van der Waals surface area contributed by atoms with Crippen LogP contribution in [0.3, 0.4) is 0 Å². The van der Waals surface area contributed by atoms with Crippen LogP contribution in [0, 0.1) is 11.7 Å². The lowest BCUT2D eigenvalue weighted by molar-refractivity contribution is -0.0264. The number of carbonyl (C=O) groups is 1. The Balaban J connectivity index is 1.23. The van der Waals surface area contributed by atoms with Gasteiger partial charge in [0.1, 0.15) is 11.5 Å². The number of amides is 1. The third kappa shape index (κ3) is 4.53. The molecule has 0 bridgehead atoms. The number of likely N-dealkylation sites (tertiary alicyclic amines) is 1. The zero-order chi connectivity index (χ0) is 23.9. The number of rotatable bonds is 4. The molecule has 3 unspecified atom stereocenters. The number of halogens is 1. The summed E-state index contributed by atoms with van der Waals surface area (Å²) in [6.45, 7) is 1.29. The fourth-order valence-corrected chi connectivity index (χ4v) is 8.13. The molecule has 3 fully saturated rings. The number of benzene rings is 1. The molecule has 3 atom stereocenters. The van der Waals surface area contributed by atoms with Crippen molar-refractivity contribution in [2.24, 2.45) is 5.92 Å². The molecule has 0 spiro atoms. The molecule has 2 aromatic rings. The lowest BCUT2D eigenvalue weighted by atomic mass is 9.76. The Labute approximate surface area is 203 Å². The van der Waals surface area contributed by atoms with E-state index in [0.29, 0.717) is 44.6 Å². The Hall–Kier alpha value is -1.88. The maximum absolute atomic E-state index is 13.3. The molecular formula is C24H30FN3O4S2. The molecule has 1 N–H and O–H groups in total. The van der Waals surface area contributed by atoms with E-state index < -0.39 is 15.8 Å². The zero-order valence-electron chi connectivity index (χ0n) is 19.0. The van der Waals surface area contributed by atoms with Gasteiger partial charge in [0, 0.05) is 42.9 Å². The van der Waals surface area contributed by atoms with Crippen molar-refractivity contribution in [2.75, 3.05) is 19.6 Å². The Morgan fingerprint density at radius 1 is 1.03 bits per heavy atom. The highest BCUT2D eigenvalue weighted by Gasteiger charge is 2.41. The average molecular weight is 508 g/mol. The van der Waals surface area contributed by atoms with Gasteiger partial charge in [0.05, 0.1) is 16.0 Å². The van der Waals surface area contributed by atoms with Gasteiger partial charge in [-0.1, -0.05) is 12.8 Å². The Morgan fingerprint density at radius 3 is 2.47 bits per heavy atom. The second kappa shape index (κ2) is 9.64. The number of hydrogen-bond donors (Lipinski definition) is 1. The van der Waals surface area contributed by atoms with Crippen LogP contribution in [0.25, 0.3) is 0 Å². The third-order valence-electron chi connectivity index (χ3n) is 7.60. The predicted octanol–water partition coefficient (Wildman–Crippen LogP) is 3.62. The van der Waals surface area contributed by atoms with Crippen molar-refractivity contribution in [3.8, 4) is 0 Å². The van der Waals surface area contributed by atoms with Gasteiger partial charge in [-0.15, -0.1) is 11.3 Å². The molecule has 34 heavy (non-hydrogen) atoms. The smallest absolute Gasteiger partial charge is 0.273 e. The second-order valence-corrected chi connectivity index (χ2v) is 12.4. The van der Waals surface area contributed by atoms with Crippen LogP contribution in [0.4, 0.5) is 4.39 Å². The van der Waals surface area contributed by atoms with E-state index in [4.69, 9.17) is 0 Å². The summed E-state index contributed by atoms with van der Waals surface area (Å²) in [5.41, 5.74) is 0.460. The summed E-state index contributed by atoms with van der Waals surface area (Å²) in [4.78, 5) is 20.0. The summed E-state index contributed by atoms with van der Waals surface area (Å²) < 4.78 is 40.4. The minimum Gasteiger partial charge on any atom is -0.393 e.